The molecule has 0 unspecified atom stereocenters. The molecule has 3 aromatic rings. The predicted molar refractivity (Wildman–Crippen MR) is 97.2 cm³/mol. The maximum atomic E-state index is 12.7. The highest BCUT2D eigenvalue weighted by Gasteiger charge is 2.23. The van der Waals surface area contributed by atoms with Crippen LogP contribution in [-0.2, 0) is 5.41 Å². The molecule has 0 saturated heterocycles. The number of benzene rings is 1. The summed E-state index contributed by atoms with van der Waals surface area (Å²) in [5, 5.41) is 6.73. The fourth-order valence-electron chi connectivity index (χ4n) is 2.47. The van der Waals surface area contributed by atoms with Gasteiger partial charge in [-0.05, 0) is 35.2 Å². The molecule has 0 fully saturated rings. The van der Waals surface area contributed by atoms with Crippen LogP contribution in [0.2, 0.25) is 0 Å². The van der Waals surface area contributed by atoms with Gasteiger partial charge in [0, 0.05) is 23.6 Å². The lowest BCUT2D eigenvalue weighted by atomic mass is 9.87. The van der Waals surface area contributed by atoms with E-state index in [1.807, 2.05) is 24.3 Å². The minimum absolute atomic E-state index is 0.0253. The van der Waals surface area contributed by atoms with Gasteiger partial charge in [-0.3, -0.25) is 9.78 Å². The van der Waals surface area contributed by atoms with Crippen molar-refractivity contribution in [3.63, 3.8) is 0 Å². The predicted octanol–water partition coefficient (Wildman–Crippen LogP) is 3.87. The Morgan fingerprint density at radius 3 is 2.48 bits per heavy atom. The Morgan fingerprint density at radius 1 is 1.16 bits per heavy atom. The molecular formula is C19H20N4O2. The number of aromatic nitrogens is 2. The molecule has 0 spiro atoms. The highest BCUT2D eigenvalue weighted by atomic mass is 16.5. The van der Waals surface area contributed by atoms with Gasteiger partial charge < -0.3 is 15.6 Å². The molecule has 1 amide bonds. The minimum Gasteiger partial charge on any atom is -0.367 e. The summed E-state index contributed by atoms with van der Waals surface area (Å²) in [7, 11) is 0. The van der Waals surface area contributed by atoms with E-state index < -0.39 is 0 Å². The molecule has 128 valence electrons. The largest absolute Gasteiger partial charge is 0.367 e. The fraction of sp³-hybridized carbons (Fsp3) is 0.211. The number of rotatable bonds is 3. The number of anilines is 2. The number of nitrogens with two attached hydrogens (primary N) is 1. The van der Waals surface area contributed by atoms with Crippen molar-refractivity contribution in [2.45, 2.75) is 26.2 Å². The Bertz CT molecular complexity index is 878. The number of nitrogens with zero attached hydrogens (tertiary/aromatic N) is 2. The van der Waals surface area contributed by atoms with Crippen LogP contribution in [0.15, 0.2) is 53.3 Å². The number of hydrogen-bond donors (Lipinski definition) is 2. The number of carbonyl (C=O) groups excluding carboxylic acids is 1. The molecule has 0 radical (unpaired) electrons. The van der Waals surface area contributed by atoms with Gasteiger partial charge in [0.2, 0.25) is 5.88 Å². The van der Waals surface area contributed by atoms with Gasteiger partial charge in [0.25, 0.3) is 5.91 Å². The zero-order chi connectivity index (χ0) is 18.0. The van der Waals surface area contributed by atoms with Crippen LogP contribution in [0.1, 0.15) is 36.7 Å². The standard InChI is InChI=1S/C19H20N4O2/c1-19(2,3)13-6-8-14(9-7-13)22-18(24)15-16(23-25-17(15)20)12-5-4-10-21-11-12/h4-11H,20H2,1-3H3,(H,22,24). The van der Waals surface area contributed by atoms with Gasteiger partial charge >= 0.3 is 0 Å². The Labute approximate surface area is 146 Å². The minimum atomic E-state index is -0.374. The summed E-state index contributed by atoms with van der Waals surface area (Å²) in [5.74, 6) is -0.399. The van der Waals surface area contributed by atoms with Gasteiger partial charge in [-0.15, -0.1) is 0 Å². The summed E-state index contributed by atoms with van der Waals surface area (Å²) in [5.41, 5.74) is 8.95. The van der Waals surface area contributed by atoms with Crippen molar-refractivity contribution in [2.24, 2.45) is 0 Å². The van der Waals surface area contributed by atoms with Crippen molar-refractivity contribution >= 4 is 17.5 Å². The number of nitrogen functional groups attached to an aromatic ring is 1. The van der Waals surface area contributed by atoms with Crippen LogP contribution in [0.25, 0.3) is 11.3 Å². The number of carbonyl (C=O) groups is 1. The molecule has 0 atom stereocenters. The molecule has 6 heteroatoms. The van der Waals surface area contributed by atoms with Gasteiger partial charge in [0.1, 0.15) is 11.3 Å². The maximum Gasteiger partial charge on any atom is 0.263 e. The first-order valence-corrected chi connectivity index (χ1v) is 7.93. The summed E-state index contributed by atoms with van der Waals surface area (Å²) in [4.78, 5) is 16.7. The van der Waals surface area contributed by atoms with E-state index in [0.717, 1.165) is 0 Å². The average Bonchev–Trinajstić information content (AvgIpc) is 2.97. The van der Waals surface area contributed by atoms with Gasteiger partial charge in [-0.25, -0.2) is 0 Å². The van der Waals surface area contributed by atoms with E-state index in [-0.39, 0.29) is 22.8 Å². The Kier molecular flexibility index (Phi) is 4.27. The molecular weight excluding hydrogens is 316 g/mol. The van der Waals surface area contributed by atoms with Crippen LogP contribution >= 0.6 is 0 Å². The number of pyridine rings is 1. The van der Waals surface area contributed by atoms with Gasteiger partial charge in [0.05, 0.1) is 0 Å². The molecule has 3 rings (SSSR count). The van der Waals surface area contributed by atoms with Crippen LogP contribution in [-0.4, -0.2) is 16.0 Å². The molecule has 6 nitrogen and oxygen atoms in total. The van der Waals surface area contributed by atoms with Crippen molar-refractivity contribution in [1.29, 1.82) is 0 Å². The first-order chi connectivity index (χ1) is 11.9. The molecule has 2 heterocycles. The van der Waals surface area contributed by atoms with E-state index in [2.05, 4.69) is 36.2 Å². The van der Waals surface area contributed by atoms with Crippen LogP contribution in [0.3, 0.4) is 0 Å². The average molecular weight is 336 g/mol. The Morgan fingerprint density at radius 2 is 1.88 bits per heavy atom. The lowest BCUT2D eigenvalue weighted by molar-refractivity contribution is 0.102. The van der Waals surface area contributed by atoms with Crippen LogP contribution in [0, 0.1) is 0 Å². The lowest BCUT2D eigenvalue weighted by Crippen LogP contribution is -2.15. The van der Waals surface area contributed by atoms with Gasteiger partial charge in [0.15, 0.2) is 0 Å². The van der Waals surface area contributed by atoms with E-state index in [1.165, 1.54) is 5.56 Å². The third-order valence-corrected chi connectivity index (χ3v) is 3.89. The summed E-state index contributed by atoms with van der Waals surface area (Å²) < 4.78 is 5.01. The molecule has 25 heavy (non-hydrogen) atoms. The first kappa shape index (κ1) is 16.7. The highest BCUT2D eigenvalue weighted by Crippen LogP contribution is 2.28. The monoisotopic (exact) mass is 336 g/mol. The van der Waals surface area contributed by atoms with Crippen LogP contribution < -0.4 is 11.1 Å². The van der Waals surface area contributed by atoms with Crippen molar-refractivity contribution in [3.05, 3.63) is 59.9 Å². The smallest absolute Gasteiger partial charge is 0.263 e. The summed E-state index contributed by atoms with van der Waals surface area (Å²) in [6.45, 7) is 6.41. The summed E-state index contributed by atoms with van der Waals surface area (Å²) in [6.07, 6.45) is 3.25. The van der Waals surface area contributed by atoms with Gasteiger partial charge in [-0.1, -0.05) is 38.1 Å². The fourth-order valence-corrected chi connectivity index (χ4v) is 2.47. The molecule has 0 saturated carbocycles. The summed E-state index contributed by atoms with van der Waals surface area (Å²) >= 11 is 0. The molecule has 1 aromatic carbocycles. The SMILES string of the molecule is CC(C)(C)c1ccc(NC(=O)c2c(-c3cccnc3)noc2N)cc1. The zero-order valence-electron chi connectivity index (χ0n) is 14.4. The van der Waals surface area contributed by atoms with Crippen molar-refractivity contribution in [1.82, 2.24) is 10.1 Å². The van der Waals surface area contributed by atoms with E-state index >= 15 is 0 Å². The van der Waals surface area contributed by atoms with E-state index in [0.29, 0.717) is 16.9 Å². The van der Waals surface area contributed by atoms with Crippen molar-refractivity contribution < 1.29 is 9.32 Å². The topological polar surface area (TPSA) is 94.0 Å². The van der Waals surface area contributed by atoms with E-state index in [1.54, 1.807) is 24.5 Å². The molecule has 3 N–H and O–H groups in total. The number of hydrogen-bond acceptors (Lipinski definition) is 5. The van der Waals surface area contributed by atoms with E-state index in [4.69, 9.17) is 10.3 Å². The number of nitrogens with one attached hydrogen (secondary N) is 1. The van der Waals surface area contributed by atoms with Crippen LogP contribution in [0.4, 0.5) is 11.6 Å². The molecule has 0 aliphatic carbocycles. The zero-order valence-corrected chi connectivity index (χ0v) is 14.4. The lowest BCUT2D eigenvalue weighted by Gasteiger charge is -2.19. The molecule has 0 aliphatic rings. The quantitative estimate of drug-likeness (QED) is 0.757. The molecule has 0 aliphatic heterocycles. The third-order valence-electron chi connectivity index (χ3n) is 3.89. The Hall–Kier alpha value is -3.15. The first-order valence-electron chi connectivity index (χ1n) is 7.93. The molecule has 0 bridgehead atoms. The summed E-state index contributed by atoms with van der Waals surface area (Å²) in [6, 6.07) is 11.3. The normalized spacial score (nSPS) is 11.3. The second-order valence-electron chi connectivity index (χ2n) is 6.79. The van der Waals surface area contributed by atoms with Crippen LogP contribution in [0.5, 0.6) is 0 Å². The third kappa shape index (κ3) is 3.52. The second kappa shape index (κ2) is 6.39. The second-order valence-corrected chi connectivity index (χ2v) is 6.79. The van der Waals surface area contributed by atoms with E-state index in [9.17, 15) is 4.79 Å². The van der Waals surface area contributed by atoms with Gasteiger partial charge in [-0.2, -0.15) is 0 Å². The van der Waals surface area contributed by atoms with Crippen molar-refractivity contribution in [3.8, 4) is 11.3 Å². The highest BCUT2D eigenvalue weighted by molar-refractivity contribution is 6.10. The maximum absolute atomic E-state index is 12.7. The van der Waals surface area contributed by atoms with Crippen molar-refractivity contribution in [2.75, 3.05) is 11.1 Å². The number of amides is 1. The Balaban J connectivity index is 1.86. The molecule has 2 aromatic heterocycles.